The predicted molar refractivity (Wildman–Crippen MR) is 76.3 cm³/mol. The molecule has 2 rings (SSSR count). The fourth-order valence-corrected chi connectivity index (χ4v) is 1.63. The van der Waals surface area contributed by atoms with Gasteiger partial charge in [-0.1, -0.05) is 11.8 Å². The van der Waals surface area contributed by atoms with Crippen molar-refractivity contribution in [1.29, 1.82) is 0 Å². The Labute approximate surface area is 123 Å². The lowest BCUT2D eigenvalue weighted by molar-refractivity contribution is -0.122. The van der Waals surface area contributed by atoms with E-state index in [4.69, 9.17) is 5.11 Å². The topological polar surface area (TPSA) is 91.3 Å². The summed E-state index contributed by atoms with van der Waals surface area (Å²) >= 11 is 0. The zero-order chi connectivity index (χ0) is 15.2. The zero-order valence-corrected chi connectivity index (χ0v) is 11.7. The van der Waals surface area contributed by atoms with E-state index in [1.54, 1.807) is 13.0 Å². The minimum absolute atomic E-state index is 0.184. The molecule has 0 radical (unpaired) electrons. The van der Waals surface area contributed by atoms with Crippen LogP contribution in [-0.4, -0.2) is 40.6 Å². The van der Waals surface area contributed by atoms with E-state index in [-0.39, 0.29) is 24.2 Å². The molecule has 1 aromatic heterocycles. The number of aromatic nitrogens is 1. The summed E-state index contributed by atoms with van der Waals surface area (Å²) in [5.74, 6) is 4.59. The van der Waals surface area contributed by atoms with Gasteiger partial charge in [0.15, 0.2) is 0 Å². The molecule has 21 heavy (non-hydrogen) atoms. The summed E-state index contributed by atoms with van der Waals surface area (Å²) in [4.78, 5) is 27.7. The molecule has 0 aliphatic heterocycles. The van der Waals surface area contributed by atoms with Gasteiger partial charge in [-0.15, -0.1) is 0 Å². The number of hydrogen-bond donors (Lipinski definition) is 3. The summed E-state index contributed by atoms with van der Waals surface area (Å²) in [5, 5.41) is 14.0. The molecule has 1 atom stereocenters. The van der Waals surface area contributed by atoms with Gasteiger partial charge in [0.1, 0.15) is 18.3 Å². The Morgan fingerprint density at radius 3 is 2.81 bits per heavy atom. The van der Waals surface area contributed by atoms with Crippen LogP contribution < -0.4 is 10.6 Å². The summed E-state index contributed by atoms with van der Waals surface area (Å²) in [7, 11) is 0. The highest BCUT2D eigenvalue weighted by Gasteiger charge is 2.26. The molecule has 1 saturated carbocycles. The third-order valence-electron chi connectivity index (χ3n) is 2.97. The quantitative estimate of drug-likeness (QED) is 0.670. The van der Waals surface area contributed by atoms with Crippen LogP contribution in [0.1, 0.15) is 35.8 Å². The fraction of sp³-hybridized carbons (Fsp3) is 0.400. The van der Waals surface area contributed by atoms with E-state index < -0.39 is 11.9 Å². The second kappa shape index (κ2) is 6.86. The maximum Gasteiger partial charge on any atom is 0.270 e. The Morgan fingerprint density at radius 2 is 2.24 bits per heavy atom. The smallest absolute Gasteiger partial charge is 0.270 e. The standard InChI is InChI=1S/C15H17N3O3/c1-10(14(20)18-12-5-6-12)17-15(21)13-7-4-11(9-16-13)3-2-8-19/h4,7,9-10,12,19H,5-6,8H2,1H3,(H,17,21)(H,18,20). The molecule has 1 heterocycles. The molecule has 1 aliphatic carbocycles. The summed E-state index contributed by atoms with van der Waals surface area (Å²) in [5.41, 5.74) is 0.829. The van der Waals surface area contributed by atoms with Crippen LogP contribution in [0.2, 0.25) is 0 Å². The highest BCUT2D eigenvalue weighted by molar-refractivity contribution is 5.96. The first-order valence-corrected chi connectivity index (χ1v) is 6.77. The molecule has 0 spiro atoms. The zero-order valence-electron chi connectivity index (χ0n) is 11.7. The van der Waals surface area contributed by atoms with Crippen LogP contribution in [0.15, 0.2) is 18.3 Å². The van der Waals surface area contributed by atoms with Gasteiger partial charge < -0.3 is 15.7 Å². The van der Waals surface area contributed by atoms with E-state index in [1.165, 1.54) is 12.3 Å². The first-order chi connectivity index (χ1) is 10.1. The van der Waals surface area contributed by atoms with Crippen LogP contribution in [-0.2, 0) is 4.79 Å². The summed E-state index contributed by atoms with van der Waals surface area (Å²) in [6.07, 6.45) is 3.46. The van der Waals surface area contributed by atoms with Gasteiger partial charge in [-0.25, -0.2) is 4.98 Å². The number of carbonyl (C=O) groups is 2. The van der Waals surface area contributed by atoms with Gasteiger partial charge in [-0.2, -0.15) is 0 Å². The van der Waals surface area contributed by atoms with E-state index in [2.05, 4.69) is 27.5 Å². The van der Waals surface area contributed by atoms with Crippen molar-refractivity contribution in [2.24, 2.45) is 0 Å². The van der Waals surface area contributed by atoms with Gasteiger partial charge in [-0.05, 0) is 31.9 Å². The number of aliphatic hydroxyl groups excluding tert-OH is 1. The third-order valence-corrected chi connectivity index (χ3v) is 2.97. The highest BCUT2D eigenvalue weighted by Crippen LogP contribution is 2.18. The van der Waals surface area contributed by atoms with Crippen molar-refractivity contribution >= 4 is 11.8 Å². The maximum atomic E-state index is 12.0. The molecule has 6 nitrogen and oxygen atoms in total. The van der Waals surface area contributed by atoms with Crippen LogP contribution in [0.5, 0.6) is 0 Å². The Kier molecular flexibility index (Phi) is 4.90. The fourth-order valence-electron chi connectivity index (χ4n) is 1.63. The van der Waals surface area contributed by atoms with E-state index in [0.29, 0.717) is 5.56 Å². The Morgan fingerprint density at radius 1 is 1.48 bits per heavy atom. The van der Waals surface area contributed by atoms with E-state index in [9.17, 15) is 9.59 Å². The first kappa shape index (κ1) is 15.0. The highest BCUT2D eigenvalue weighted by atomic mass is 16.2. The van der Waals surface area contributed by atoms with Crippen LogP contribution in [0.25, 0.3) is 0 Å². The second-order valence-corrected chi connectivity index (χ2v) is 4.87. The lowest BCUT2D eigenvalue weighted by Gasteiger charge is -2.13. The number of nitrogens with zero attached hydrogens (tertiary/aromatic N) is 1. The summed E-state index contributed by atoms with van der Waals surface area (Å²) in [6.45, 7) is 1.41. The number of aliphatic hydroxyl groups is 1. The van der Waals surface area contributed by atoms with Crippen molar-refractivity contribution in [3.05, 3.63) is 29.6 Å². The number of hydrogen-bond acceptors (Lipinski definition) is 4. The molecule has 0 saturated heterocycles. The number of amides is 2. The Bertz CT molecular complexity index is 582. The molecule has 1 aliphatic rings. The molecule has 1 unspecified atom stereocenters. The second-order valence-electron chi connectivity index (χ2n) is 4.87. The largest absolute Gasteiger partial charge is 0.384 e. The number of pyridine rings is 1. The predicted octanol–water partition coefficient (Wildman–Crippen LogP) is -0.178. The van der Waals surface area contributed by atoms with Crippen molar-refractivity contribution in [3.8, 4) is 11.8 Å². The normalized spacial score (nSPS) is 14.6. The summed E-state index contributed by atoms with van der Waals surface area (Å²) in [6, 6.07) is 2.83. The van der Waals surface area contributed by atoms with Crippen LogP contribution in [0.4, 0.5) is 0 Å². The molecule has 0 bridgehead atoms. The molecule has 3 N–H and O–H groups in total. The van der Waals surface area contributed by atoms with Gasteiger partial charge in [0.2, 0.25) is 5.91 Å². The van der Waals surface area contributed by atoms with Crippen molar-refractivity contribution in [2.75, 3.05) is 6.61 Å². The van der Waals surface area contributed by atoms with Crippen LogP contribution in [0, 0.1) is 11.8 Å². The van der Waals surface area contributed by atoms with E-state index in [0.717, 1.165) is 12.8 Å². The van der Waals surface area contributed by atoms with Crippen molar-refractivity contribution in [1.82, 2.24) is 15.6 Å². The van der Waals surface area contributed by atoms with Crippen molar-refractivity contribution in [2.45, 2.75) is 31.8 Å². The van der Waals surface area contributed by atoms with Gasteiger partial charge >= 0.3 is 0 Å². The van der Waals surface area contributed by atoms with Gasteiger partial charge in [0.25, 0.3) is 5.91 Å². The van der Waals surface area contributed by atoms with E-state index >= 15 is 0 Å². The minimum atomic E-state index is -0.603. The molecule has 6 heteroatoms. The van der Waals surface area contributed by atoms with Crippen molar-refractivity contribution < 1.29 is 14.7 Å². The molecule has 110 valence electrons. The Hall–Kier alpha value is -2.39. The molecular weight excluding hydrogens is 270 g/mol. The molecule has 1 fully saturated rings. The van der Waals surface area contributed by atoms with E-state index in [1.807, 2.05) is 0 Å². The van der Waals surface area contributed by atoms with Crippen LogP contribution >= 0.6 is 0 Å². The Balaban J connectivity index is 1.91. The number of carbonyl (C=O) groups excluding carboxylic acids is 2. The lowest BCUT2D eigenvalue weighted by Crippen LogP contribution is -2.45. The lowest BCUT2D eigenvalue weighted by atomic mass is 10.2. The average molecular weight is 287 g/mol. The third kappa shape index (κ3) is 4.58. The van der Waals surface area contributed by atoms with Gasteiger partial charge in [0, 0.05) is 17.8 Å². The molecule has 2 amide bonds. The number of rotatable bonds is 4. The van der Waals surface area contributed by atoms with Gasteiger partial charge in [0.05, 0.1) is 0 Å². The minimum Gasteiger partial charge on any atom is -0.384 e. The first-order valence-electron chi connectivity index (χ1n) is 6.77. The van der Waals surface area contributed by atoms with Gasteiger partial charge in [-0.3, -0.25) is 9.59 Å². The van der Waals surface area contributed by atoms with Crippen molar-refractivity contribution in [3.63, 3.8) is 0 Å². The SMILES string of the molecule is CC(NC(=O)c1ccc(C#CCO)cn1)C(=O)NC1CC1. The van der Waals surface area contributed by atoms with Crippen LogP contribution in [0.3, 0.4) is 0 Å². The summed E-state index contributed by atoms with van der Waals surface area (Å²) < 4.78 is 0. The maximum absolute atomic E-state index is 12.0. The number of nitrogens with one attached hydrogen (secondary N) is 2. The molecule has 1 aromatic rings. The monoisotopic (exact) mass is 287 g/mol. The molecular formula is C15H17N3O3. The average Bonchev–Trinajstić information content (AvgIpc) is 3.29. The molecule has 0 aromatic carbocycles.